The van der Waals surface area contributed by atoms with E-state index in [9.17, 15) is 10.1 Å². The third-order valence-corrected chi connectivity index (χ3v) is 3.68. The molecule has 21 heavy (non-hydrogen) atoms. The zero-order valence-corrected chi connectivity index (χ0v) is 12.8. The molecule has 0 aliphatic heterocycles. The van der Waals surface area contributed by atoms with E-state index in [4.69, 9.17) is 14.2 Å². The Morgan fingerprint density at radius 1 is 1.24 bits per heavy atom. The van der Waals surface area contributed by atoms with Crippen LogP contribution in [0.4, 0.5) is 0 Å². The van der Waals surface area contributed by atoms with Crippen molar-refractivity contribution in [1.82, 2.24) is 0 Å². The SMILES string of the molecule is COC(=O)C(C#N)C(CC(C)(OC)OC)c1ccccc1. The van der Waals surface area contributed by atoms with Crippen LogP contribution in [0.2, 0.25) is 0 Å². The number of nitriles is 1. The maximum atomic E-state index is 11.9. The molecule has 2 atom stereocenters. The van der Waals surface area contributed by atoms with Crippen molar-refractivity contribution in [2.75, 3.05) is 21.3 Å². The molecule has 5 heteroatoms. The van der Waals surface area contributed by atoms with E-state index in [0.717, 1.165) is 5.56 Å². The molecule has 5 nitrogen and oxygen atoms in total. The van der Waals surface area contributed by atoms with Gasteiger partial charge in [0.25, 0.3) is 0 Å². The molecule has 0 N–H and O–H groups in total. The lowest BCUT2D eigenvalue weighted by Crippen LogP contribution is -2.35. The van der Waals surface area contributed by atoms with Crippen LogP contribution < -0.4 is 0 Å². The fourth-order valence-electron chi connectivity index (χ4n) is 2.21. The van der Waals surface area contributed by atoms with E-state index in [1.807, 2.05) is 36.4 Å². The third kappa shape index (κ3) is 4.28. The van der Waals surface area contributed by atoms with Gasteiger partial charge in [0.1, 0.15) is 0 Å². The highest BCUT2D eigenvalue weighted by Gasteiger charge is 2.37. The standard InChI is InChI=1S/C16H21NO4/c1-16(20-3,21-4)10-13(12-8-6-5-7-9-12)14(11-17)15(18)19-2/h5-9,13-14H,10H2,1-4H3. The smallest absolute Gasteiger partial charge is 0.323 e. The molecule has 0 bridgehead atoms. The Morgan fingerprint density at radius 2 is 1.81 bits per heavy atom. The lowest BCUT2D eigenvalue weighted by Gasteiger charge is -2.32. The number of hydrogen-bond donors (Lipinski definition) is 0. The molecule has 1 rings (SSSR count). The van der Waals surface area contributed by atoms with E-state index in [2.05, 4.69) is 0 Å². The number of rotatable bonds is 7. The van der Waals surface area contributed by atoms with Crippen LogP contribution in [0.5, 0.6) is 0 Å². The van der Waals surface area contributed by atoms with Gasteiger partial charge in [-0.15, -0.1) is 0 Å². The number of carbonyl (C=O) groups is 1. The van der Waals surface area contributed by atoms with Gasteiger partial charge < -0.3 is 14.2 Å². The zero-order chi connectivity index (χ0) is 15.9. The van der Waals surface area contributed by atoms with Gasteiger partial charge in [0.2, 0.25) is 0 Å². The Balaban J connectivity index is 3.18. The molecule has 0 radical (unpaired) electrons. The molecule has 0 aliphatic carbocycles. The molecule has 0 saturated heterocycles. The summed E-state index contributed by atoms with van der Waals surface area (Å²) in [5, 5.41) is 9.37. The first-order chi connectivity index (χ1) is 10.0. The lowest BCUT2D eigenvalue weighted by molar-refractivity contribution is -0.201. The highest BCUT2D eigenvalue weighted by Crippen LogP contribution is 2.35. The summed E-state index contributed by atoms with van der Waals surface area (Å²) in [4.78, 5) is 11.9. The number of ether oxygens (including phenoxy) is 3. The van der Waals surface area contributed by atoms with Gasteiger partial charge in [-0.25, -0.2) is 0 Å². The van der Waals surface area contributed by atoms with E-state index in [-0.39, 0.29) is 5.92 Å². The summed E-state index contributed by atoms with van der Waals surface area (Å²) in [6.07, 6.45) is 0.358. The van der Waals surface area contributed by atoms with Crippen LogP contribution in [0.3, 0.4) is 0 Å². The van der Waals surface area contributed by atoms with Gasteiger partial charge in [-0.1, -0.05) is 30.3 Å². The van der Waals surface area contributed by atoms with E-state index < -0.39 is 17.7 Å². The van der Waals surface area contributed by atoms with Crippen LogP contribution in [0.15, 0.2) is 30.3 Å². The topological polar surface area (TPSA) is 68.6 Å². The summed E-state index contributed by atoms with van der Waals surface area (Å²) in [6, 6.07) is 11.4. The van der Waals surface area contributed by atoms with Crippen LogP contribution in [0, 0.1) is 17.2 Å². The van der Waals surface area contributed by atoms with Crippen LogP contribution in [-0.2, 0) is 19.0 Å². The van der Waals surface area contributed by atoms with Gasteiger partial charge in [0.05, 0.1) is 13.2 Å². The molecule has 114 valence electrons. The number of benzene rings is 1. The summed E-state index contributed by atoms with van der Waals surface area (Å²) in [5.41, 5.74) is 0.870. The molecule has 0 aromatic heterocycles. The van der Waals surface area contributed by atoms with Crippen LogP contribution in [0.25, 0.3) is 0 Å². The highest BCUT2D eigenvalue weighted by atomic mass is 16.7. The predicted octanol–water partition coefficient (Wildman–Crippen LogP) is 2.48. The molecule has 0 saturated carbocycles. The molecule has 0 fully saturated rings. The highest BCUT2D eigenvalue weighted by molar-refractivity contribution is 5.76. The second-order valence-electron chi connectivity index (χ2n) is 4.89. The third-order valence-electron chi connectivity index (χ3n) is 3.68. The Morgan fingerprint density at radius 3 is 2.24 bits per heavy atom. The first-order valence-corrected chi connectivity index (χ1v) is 6.64. The lowest BCUT2D eigenvalue weighted by atomic mass is 9.82. The first-order valence-electron chi connectivity index (χ1n) is 6.64. The quantitative estimate of drug-likeness (QED) is 0.570. The maximum absolute atomic E-state index is 11.9. The van der Waals surface area contributed by atoms with Gasteiger partial charge in [-0.05, 0) is 12.5 Å². The van der Waals surface area contributed by atoms with E-state index >= 15 is 0 Å². The second kappa shape index (κ2) is 7.77. The van der Waals surface area contributed by atoms with E-state index in [0.29, 0.717) is 6.42 Å². The minimum absolute atomic E-state index is 0.358. The second-order valence-corrected chi connectivity index (χ2v) is 4.89. The number of nitrogens with zero attached hydrogens (tertiary/aromatic N) is 1. The number of esters is 1. The van der Waals surface area contributed by atoms with Gasteiger partial charge in [0, 0.05) is 26.6 Å². The molecule has 0 aliphatic rings. The van der Waals surface area contributed by atoms with Crippen molar-refractivity contribution in [3.8, 4) is 6.07 Å². The Labute approximate surface area is 125 Å². The number of methoxy groups -OCH3 is 3. The molecular formula is C16H21NO4. The molecule has 0 heterocycles. The predicted molar refractivity (Wildman–Crippen MR) is 77.3 cm³/mol. The van der Waals surface area contributed by atoms with E-state index in [1.54, 1.807) is 6.92 Å². The number of hydrogen-bond acceptors (Lipinski definition) is 5. The summed E-state index contributed by atoms with van der Waals surface area (Å²) in [5.74, 6) is -2.74. The molecular weight excluding hydrogens is 270 g/mol. The zero-order valence-electron chi connectivity index (χ0n) is 12.8. The summed E-state index contributed by atoms with van der Waals surface area (Å²) in [7, 11) is 4.34. The minimum atomic E-state index is -0.915. The molecule has 1 aromatic rings. The monoisotopic (exact) mass is 291 g/mol. The molecule has 2 unspecified atom stereocenters. The number of carbonyl (C=O) groups excluding carboxylic acids is 1. The summed E-state index contributed by atoms with van der Waals surface area (Å²) >= 11 is 0. The molecule has 1 aromatic carbocycles. The van der Waals surface area contributed by atoms with Crippen molar-refractivity contribution in [1.29, 1.82) is 5.26 Å². The fraction of sp³-hybridized carbons (Fsp3) is 0.500. The van der Waals surface area contributed by atoms with E-state index in [1.165, 1.54) is 21.3 Å². The fourth-order valence-corrected chi connectivity index (χ4v) is 2.21. The van der Waals surface area contributed by atoms with Crippen LogP contribution >= 0.6 is 0 Å². The van der Waals surface area contributed by atoms with Crippen molar-refractivity contribution in [3.05, 3.63) is 35.9 Å². The van der Waals surface area contributed by atoms with Gasteiger partial charge >= 0.3 is 5.97 Å². The first kappa shape index (κ1) is 17.2. The largest absolute Gasteiger partial charge is 0.468 e. The van der Waals surface area contributed by atoms with Crippen molar-refractivity contribution in [3.63, 3.8) is 0 Å². The summed E-state index contributed by atoms with van der Waals surface area (Å²) in [6.45, 7) is 1.77. The van der Waals surface area contributed by atoms with Gasteiger partial charge in [-0.3, -0.25) is 4.79 Å². The van der Waals surface area contributed by atoms with Gasteiger partial charge in [-0.2, -0.15) is 5.26 Å². The minimum Gasteiger partial charge on any atom is -0.468 e. The van der Waals surface area contributed by atoms with Crippen molar-refractivity contribution < 1.29 is 19.0 Å². The van der Waals surface area contributed by atoms with Crippen molar-refractivity contribution in [2.45, 2.75) is 25.0 Å². The maximum Gasteiger partial charge on any atom is 0.323 e. The Bertz CT molecular complexity index is 491. The van der Waals surface area contributed by atoms with Crippen molar-refractivity contribution in [2.24, 2.45) is 5.92 Å². The summed E-state index contributed by atoms with van der Waals surface area (Å²) < 4.78 is 15.5. The van der Waals surface area contributed by atoms with Crippen LogP contribution in [0.1, 0.15) is 24.8 Å². The normalized spacial score (nSPS) is 14.0. The average molecular weight is 291 g/mol. The Kier molecular flexibility index (Phi) is 6.35. The van der Waals surface area contributed by atoms with Gasteiger partial charge in [0.15, 0.2) is 11.7 Å². The van der Waals surface area contributed by atoms with Crippen molar-refractivity contribution >= 4 is 5.97 Å². The van der Waals surface area contributed by atoms with Crippen LogP contribution in [-0.4, -0.2) is 33.1 Å². The Hall–Kier alpha value is -1.90. The molecule has 0 spiro atoms. The average Bonchev–Trinajstić information content (AvgIpc) is 2.54. The molecule has 0 amide bonds.